The number of aliphatic carboxylic acids is 2. The molecule has 0 rings (SSSR count). The Kier molecular flexibility index (Phi) is 10.7. The SMILES string of the molecule is CC(O)C(N)C(=O)NC(C(=O)NC(CC(=O)O)C(=O)NC(CO)C(=O)O)C(C)O. The van der Waals surface area contributed by atoms with Gasteiger partial charge in [0.15, 0.2) is 0 Å². The summed E-state index contributed by atoms with van der Waals surface area (Å²) >= 11 is 0. The maximum absolute atomic E-state index is 12.4. The average molecular weight is 422 g/mol. The minimum absolute atomic E-state index is 0.955. The first-order valence-corrected chi connectivity index (χ1v) is 8.40. The summed E-state index contributed by atoms with van der Waals surface area (Å²) in [4.78, 5) is 58.3. The number of nitrogens with two attached hydrogens (primary N) is 1. The Morgan fingerprint density at radius 1 is 0.828 bits per heavy atom. The van der Waals surface area contributed by atoms with Crippen LogP contribution in [0.25, 0.3) is 0 Å². The minimum Gasteiger partial charge on any atom is -0.481 e. The molecule has 0 spiro atoms. The molecular weight excluding hydrogens is 396 g/mol. The van der Waals surface area contributed by atoms with Crippen LogP contribution in [0, 0.1) is 0 Å². The van der Waals surface area contributed by atoms with Crippen LogP contribution in [-0.2, 0) is 24.0 Å². The average Bonchev–Trinajstić information content (AvgIpc) is 2.61. The molecule has 0 aliphatic heterocycles. The fourth-order valence-electron chi connectivity index (χ4n) is 1.98. The van der Waals surface area contributed by atoms with Gasteiger partial charge in [-0.1, -0.05) is 0 Å². The Morgan fingerprint density at radius 2 is 1.34 bits per heavy atom. The second kappa shape index (κ2) is 11.9. The van der Waals surface area contributed by atoms with Gasteiger partial charge in [-0.15, -0.1) is 0 Å². The number of carbonyl (C=O) groups excluding carboxylic acids is 3. The highest BCUT2D eigenvalue weighted by Crippen LogP contribution is 2.01. The third-order valence-corrected chi connectivity index (χ3v) is 3.69. The van der Waals surface area contributed by atoms with Crippen LogP contribution < -0.4 is 21.7 Å². The van der Waals surface area contributed by atoms with Crippen LogP contribution >= 0.6 is 0 Å². The van der Waals surface area contributed by atoms with Crippen molar-refractivity contribution in [3.8, 4) is 0 Å². The summed E-state index contributed by atoms with van der Waals surface area (Å²) in [5, 5.41) is 51.6. The number of hydrogen-bond acceptors (Lipinski definition) is 9. The van der Waals surface area contributed by atoms with E-state index in [4.69, 9.17) is 21.1 Å². The maximum Gasteiger partial charge on any atom is 0.328 e. The Morgan fingerprint density at radius 3 is 1.72 bits per heavy atom. The van der Waals surface area contributed by atoms with Gasteiger partial charge >= 0.3 is 11.9 Å². The molecule has 0 fully saturated rings. The number of amides is 3. The van der Waals surface area contributed by atoms with Crippen molar-refractivity contribution < 1.29 is 49.5 Å². The second-order valence-corrected chi connectivity index (χ2v) is 6.23. The molecule has 0 radical (unpaired) electrons. The third-order valence-electron chi connectivity index (χ3n) is 3.69. The van der Waals surface area contributed by atoms with Crippen LogP contribution in [0.4, 0.5) is 0 Å². The van der Waals surface area contributed by atoms with Crippen LogP contribution in [-0.4, -0.2) is 98.2 Å². The van der Waals surface area contributed by atoms with E-state index in [1.54, 1.807) is 0 Å². The van der Waals surface area contributed by atoms with Gasteiger partial charge in [-0.3, -0.25) is 19.2 Å². The van der Waals surface area contributed by atoms with E-state index in [1.165, 1.54) is 6.92 Å². The minimum atomic E-state index is -1.78. The molecule has 0 aromatic carbocycles. The molecule has 0 saturated heterocycles. The summed E-state index contributed by atoms with van der Waals surface area (Å²) in [6.07, 6.45) is -3.73. The number of rotatable bonds is 12. The molecule has 0 aromatic heterocycles. The molecule has 166 valence electrons. The Bertz CT molecular complexity index is 624. The van der Waals surface area contributed by atoms with Crippen molar-refractivity contribution >= 4 is 29.7 Å². The van der Waals surface area contributed by atoms with Crippen molar-refractivity contribution in [1.29, 1.82) is 0 Å². The van der Waals surface area contributed by atoms with Gasteiger partial charge in [-0.05, 0) is 13.8 Å². The largest absolute Gasteiger partial charge is 0.481 e. The Labute approximate surface area is 165 Å². The van der Waals surface area contributed by atoms with Gasteiger partial charge in [0.05, 0.1) is 25.2 Å². The highest BCUT2D eigenvalue weighted by atomic mass is 16.4. The molecular formula is C15H26N4O10. The van der Waals surface area contributed by atoms with Gasteiger partial charge in [-0.2, -0.15) is 0 Å². The topological polar surface area (TPSA) is 249 Å². The molecule has 3 amide bonds. The Hall–Kier alpha value is -2.81. The molecule has 0 aliphatic rings. The fourth-order valence-corrected chi connectivity index (χ4v) is 1.98. The number of nitrogens with one attached hydrogen (secondary N) is 3. The summed E-state index contributed by atoms with van der Waals surface area (Å²) in [5.74, 6) is -6.49. The summed E-state index contributed by atoms with van der Waals surface area (Å²) < 4.78 is 0. The quantitative estimate of drug-likeness (QED) is 0.144. The van der Waals surface area contributed by atoms with E-state index in [0.717, 1.165) is 6.92 Å². The molecule has 0 aliphatic carbocycles. The van der Waals surface area contributed by atoms with Gasteiger partial charge < -0.3 is 47.2 Å². The fraction of sp³-hybridized carbons (Fsp3) is 0.667. The number of hydrogen-bond donors (Lipinski definition) is 9. The zero-order chi connectivity index (χ0) is 22.9. The van der Waals surface area contributed by atoms with Gasteiger partial charge in [0.25, 0.3) is 0 Å². The van der Waals surface area contributed by atoms with E-state index in [-0.39, 0.29) is 0 Å². The van der Waals surface area contributed by atoms with E-state index >= 15 is 0 Å². The standard InChI is InChI=1S/C15H26N4O10/c1-5(21)10(16)13(26)19-11(6(2)22)14(27)17-7(3-9(23)24)12(25)18-8(4-20)15(28)29/h5-8,10-11,20-22H,3-4,16H2,1-2H3,(H,17,27)(H,18,25)(H,19,26)(H,23,24)(H,28,29). The van der Waals surface area contributed by atoms with E-state index in [9.17, 15) is 34.2 Å². The smallest absolute Gasteiger partial charge is 0.328 e. The van der Waals surface area contributed by atoms with Crippen LogP contribution in [0.15, 0.2) is 0 Å². The predicted molar refractivity (Wildman–Crippen MR) is 94.1 cm³/mol. The molecule has 0 heterocycles. The number of aliphatic hydroxyl groups excluding tert-OH is 3. The molecule has 29 heavy (non-hydrogen) atoms. The molecule has 0 bridgehead atoms. The monoisotopic (exact) mass is 422 g/mol. The predicted octanol–water partition coefficient (Wildman–Crippen LogP) is -4.92. The number of aliphatic hydroxyl groups is 3. The van der Waals surface area contributed by atoms with Crippen molar-refractivity contribution in [1.82, 2.24) is 16.0 Å². The van der Waals surface area contributed by atoms with Crippen LogP contribution in [0.2, 0.25) is 0 Å². The lowest BCUT2D eigenvalue weighted by Gasteiger charge is -2.26. The van der Waals surface area contributed by atoms with Crippen LogP contribution in [0.1, 0.15) is 20.3 Å². The summed E-state index contributed by atoms with van der Waals surface area (Å²) in [5.41, 5.74) is 5.43. The van der Waals surface area contributed by atoms with Crippen molar-refractivity contribution in [3.63, 3.8) is 0 Å². The van der Waals surface area contributed by atoms with E-state index in [1.807, 2.05) is 10.6 Å². The van der Waals surface area contributed by atoms with Crippen LogP contribution in [0.3, 0.4) is 0 Å². The van der Waals surface area contributed by atoms with E-state index in [0.29, 0.717) is 0 Å². The third kappa shape index (κ3) is 8.82. The number of carbonyl (C=O) groups is 5. The van der Waals surface area contributed by atoms with E-state index in [2.05, 4.69) is 5.32 Å². The van der Waals surface area contributed by atoms with Crippen molar-refractivity contribution in [3.05, 3.63) is 0 Å². The summed E-state index contributed by atoms with van der Waals surface area (Å²) in [6.45, 7) is 1.35. The second-order valence-electron chi connectivity index (χ2n) is 6.23. The molecule has 6 atom stereocenters. The van der Waals surface area contributed by atoms with Crippen molar-refractivity contribution in [2.45, 2.75) is 56.6 Å². The summed E-state index contributed by atoms with van der Waals surface area (Å²) in [6, 6.07) is -6.61. The highest BCUT2D eigenvalue weighted by molar-refractivity contribution is 5.95. The first-order chi connectivity index (χ1) is 13.3. The molecule has 14 heteroatoms. The van der Waals surface area contributed by atoms with Gasteiger partial charge in [0.2, 0.25) is 17.7 Å². The normalized spacial score (nSPS) is 17.0. The van der Waals surface area contributed by atoms with Gasteiger partial charge in [-0.25, -0.2) is 4.79 Å². The number of carboxylic acid groups (broad SMARTS) is 2. The zero-order valence-electron chi connectivity index (χ0n) is 15.7. The number of carboxylic acids is 2. The maximum atomic E-state index is 12.4. The lowest BCUT2D eigenvalue weighted by Crippen LogP contribution is -2.61. The van der Waals surface area contributed by atoms with Gasteiger partial charge in [0.1, 0.15) is 24.2 Å². The van der Waals surface area contributed by atoms with Crippen LogP contribution in [0.5, 0.6) is 0 Å². The first-order valence-electron chi connectivity index (χ1n) is 8.40. The van der Waals surface area contributed by atoms with Gasteiger partial charge in [0, 0.05) is 0 Å². The first kappa shape index (κ1) is 26.2. The van der Waals surface area contributed by atoms with Crippen molar-refractivity contribution in [2.24, 2.45) is 5.73 Å². The Balaban J connectivity index is 5.38. The molecule has 10 N–H and O–H groups in total. The molecule has 14 nitrogen and oxygen atoms in total. The lowest BCUT2D eigenvalue weighted by atomic mass is 10.1. The molecule has 6 unspecified atom stereocenters. The molecule has 0 aromatic rings. The van der Waals surface area contributed by atoms with E-state index < -0.39 is 79.1 Å². The summed E-state index contributed by atoms with van der Waals surface area (Å²) in [7, 11) is 0. The molecule has 0 saturated carbocycles. The zero-order valence-corrected chi connectivity index (χ0v) is 15.7. The highest BCUT2D eigenvalue weighted by Gasteiger charge is 2.33. The lowest BCUT2D eigenvalue weighted by molar-refractivity contribution is -0.144. The van der Waals surface area contributed by atoms with Crippen molar-refractivity contribution in [2.75, 3.05) is 6.61 Å².